The van der Waals surface area contributed by atoms with Gasteiger partial charge < -0.3 is 13.7 Å². The van der Waals surface area contributed by atoms with Crippen molar-refractivity contribution in [3.63, 3.8) is 0 Å². The van der Waals surface area contributed by atoms with Gasteiger partial charge in [0.15, 0.2) is 8.32 Å². The van der Waals surface area contributed by atoms with Crippen molar-refractivity contribution in [3.8, 4) is 0 Å². The lowest BCUT2D eigenvalue weighted by Gasteiger charge is -2.38. The van der Waals surface area contributed by atoms with Crippen LogP contribution in [0.15, 0.2) is 29.2 Å². The van der Waals surface area contributed by atoms with E-state index in [1.807, 2.05) is 22.8 Å². The van der Waals surface area contributed by atoms with Gasteiger partial charge in [0.1, 0.15) is 5.56 Å². The van der Waals surface area contributed by atoms with E-state index in [9.17, 15) is 9.59 Å². The Balaban J connectivity index is 2.64. The third-order valence-electron chi connectivity index (χ3n) is 6.04. The summed E-state index contributed by atoms with van der Waals surface area (Å²) >= 11 is 2.19. The van der Waals surface area contributed by atoms with Crippen LogP contribution in [0.4, 0.5) is 0 Å². The highest BCUT2D eigenvalue weighted by atomic mass is 127. The maximum absolute atomic E-state index is 13.0. The van der Waals surface area contributed by atoms with Gasteiger partial charge in [-0.3, -0.25) is 4.79 Å². The maximum Gasteiger partial charge on any atom is 0.343 e. The molecule has 30 heavy (non-hydrogen) atoms. The second kappa shape index (κ2) is 9.52. The molecule has 1 atom stereocenters. The smallest absolute Gasteiger partial charge is 0.343 e. The first-order chi connectivity index (χ1) is 13.8. The Morgan fingerprint density at radius 1 is 1.23 bits per heavy atom. The lowest BCUT2D eigenvalue weighted by atomic mass is 10.0. The molecule has 0 fully saturated rings. The van der Waals surface area contributed by atoms with Crippen molar-refractivity contribution in [1.82, 2.24) is 4.57 Å². The van der Waals surface area contributed by atoms with Gasteiger partial charge in [-0.1, -0.05) is 34.6 Å². The zero-order valence-electron chi connectivity index (χ0n) is 19.3. The number of ether oxygens (including phenoxy) is 1. The summed E-state index contributed by atoms with van der Waals surface area (Å²) in [6.07, 6.45) is 1.66. The number of pyridine rings is 1. The van der Waals surface area contributed by atoms with E-state index in [1.165, 1.54) is 0 Å². The van der Waals surface area contributed by atoms with E-state index < -0.39 is 14.3 Å². The molecule has 0 aliphatic carbocycles. The maximum atomic E-state index is 13.0. The number of hydrogen-bond acceptors (Lipinski definition) is 4. The van der Waals surface area contributed by atoms with E-state index in [4.69, 9.17) is 9.16 Å². The first-order valence-corrected chi connectivity index (χ1v) is 14.4. The van der Waals surface area contributed by atoms with Gasteiger partial charge in [0.2, 0.25) is 5.43 Å². The molecule has 1 aromatic heterocycles. The first-order valence-electron chi connectivity index (χ1n) is 10.5. The first kappa shape index (κ1) is 25.1. The molecule has 1 heterocycles. The molecule has 2 rings (SSSR count). The third kappa shape index (κ3) is 5.34. The van der Waals surface area contributed by atoms with Crippen LogP contribution in [-0.2, 0) is 9.16 Å². The molecule has 2 aromatic rings. The number of hydrogen-bond donors (Lipinski definition) is 0. The number of rotatable bonds is 7. The van der Waals surface area contributed by atoms with Gasteiger partial charge in [-0.25, -0.2) is 4.79 Å². The van der Waals surface area contributed by atoms with Gasteiger partial charge in [0, 0.05) is 15.2 Å². The van der Waals surface area contributed by atoms with Crippen molar-refractivity contribution in [2.45, 2.75) is 65.7 Å². The number of fused-ring (bicyclic) bond motifs is 1. The average molecular weight is 544 g/mol. The van der Waals surface area contributed by atoms with Crippen LogP contribution >= 0.6 is 22.6 Å². The summed E-state index contributed by atoms with van der Waals surface area (Å²) in [6, 6.07) is 5.75. The van der Waals surface area contributed by atoms with E-state index in [1.54, 1.807) is 13.1 Å². The van der Waals surface area contributed by atoms with Gasteiger partial charge >= 0.3 is 5.97 Å². The lowest BCUT2D eigenvalue weighted by molar-refractivity contribution is 0.0523. The van der Waals surface area contributed by atoms with Gasteiger partial charge in [-0.2, -0.15) is 0 Å². The van der Waals surface area contributed by atoms with E-state index in [2.05, 4.69) is 70.3 Å². The van der Waals surface area contributed by atoms with Crippen LogP contribution in [0.3, 0.4) is 0 Å². The third-order valence-corrected chi connectivity index (χ3v) is 11.2. The minimum absolute atomic E-state index is 0.0181. The fraction of sp³-hybridized carbons (Fsp3) is 0.565. The Bertz CT molecular complexity index is 976. The van der Waals surface area contributed by atoms with Crippen LogP contribution in [0.25, 0.3) is 10.9 Å². The van der Waals surface area contributed by atoms with Crippen LogP contribution in [0.1, 0.15) is 57.9 Å². The van der Waals surface area contributed by atoms with Gasteiger partial charge in [0.25, 0.3) is 0 Å². The number of nitrogens with zero attached hydrogens (tertiary/aromatic N) is 1. The second-order valence-electron chi connectivity index (χ2n) is 9.54. The summed E-state index contributed by atoms with van der Waals surface area (Å²) in [6.45, 7) is 17.9. The topological polar surface area (TPSA) is 57.5 Å². The van der Waals surface area contributed by atoms with E-state index >= 15 is 0 Å². The summed E-state index contributed by atoms with van der Waals surface area (Å²) in [5, 5.41) is 0.636. The van der Waals surface area contributed by atoms with Crippen LogP contribution in [0, 0.1) is 9.49 Å². The summed E-state index contributed by atoms with van der Waals surface area (Å²) in [4.78, 5) is 25.6. The Morgan fingerprint density at radius 3 is 2.40 bits per heavy atom. The van der Waals surface area contributed by atoms with Crippen molar-refractivity contribution >= 4 is 47.8 Å². The molecule has 1 aromatic carbocycles. The molecular weight excluding hydrogens is 509 g/mol. The van der Waals surface area contributed by atoms with Crippen molar-refractivity contribution in [1.29, 1.82) is 0 Å². The number of halogens is 1. The zero-order valence-corrected chi connectivity index (χ0v) is 22.5. The zero-order chi connectivity index (χ0) is 22.9. The summed E-state index contributed by atoms with van der Waals surface area (Å²) in [5.41, 5.74) is 0.598. The number of carbonyl (C=O) groups is 1. The average Bonchev–Trinajstić information content (AvgIpc) is 2.62. The summed E-state index contributed by atoms with van der Waals surface area (Å²) in [5.74, 6) is -0.334. The number of aromatic nitrogens is 1. The van der Waals surface area contributed by atoms with Gasteiger partial charge in [-0.05, 0) is 71.8 Å². The Hall–Kier alpha value is -1.19. The van der Waals surface area contributed by atoms with Gasteiger partial charge in [-0.15, -0.1) is 0 Å². The lowest BCUT2D eigenvalue weighted by Crippen LogP contribution is -2.42. The fourth-order valence-corrected chi connectivity index (χ4v) is 4.57. The summed E-state index contributed by atoms with van der Waals surface area (Å²) in [7, 11) is -1.95. The van der Waals surface area contributed by atoms with Crippen molar-refractivity contribution in [2.24, 2.45) is 5.92 Å². The molecule has 7 heteroatoms. The number of esters is 1. The molecule has 5 nitrogen and oxygen atoms in total. The predicted octanol–water partition coefficient (Wildman–Crippen LogP) is 6.00. The van der Waals surface area contributed by atoms with Crippen LogP contribution in [0.5, 0.6) is 0 Å². The molecular formula is C23H34INO4Si. The molecule has 166 valence electrons. The molecule has 0 spiro atoms. The summed E-state index contributed by atoms with van der Waals surface area (Å²) < 4.78 is 14.7. The molecule has 0 unspecified atom stereocenters. The molecule has 0 aliphatic heterocycles. The van der Waals surface area contributed by atoms with E-state index in [0.29, 0.717) is 12.0 Å². The minimum atomic E-state index is -1.95. The largest absolute Gasteiger partial charge is 0.462 e. The second-order valence-corrected chi connectivity index (χ2v) is 15.6. The molecule has 0 saturated heterocycles. The monoisotopic (exact) mass is 543 g/mol. The highest BCUT2D eigenvalue weighted by Gasteiger charge is 2.38. The molecule has 0 amide bonds. The molecule has 0 aliphatic rings. The Labute approximate surface area is 194 Å². The molecule has 0 N–H and O–H groups in total. The Morgan fingerprint density at radius 2 is 1.87 bits per heavy atom. The van der Waals surface area contributed by atoms with Crippen LogP contribution in [-0.4, -0.2) is 32.1 Å². The van der Waals surface area contributed by atoms with Crippen molar-refractivity contribution in [3.05, 3.63) is 43.8 Å². The van der Waals surface area contributed by atoms with E-state index in [0.717, 1.165) is 9.09 Å². The normalized spacial score (nSPS) is 13.7. The molecule has 0 radical (unpaired) electrons. The van der Waals surface area contributed by atoms with Crippen molar-refractivity contribution < 1.29 is 14.0 Å². The predicted molar refractivity (Wildman–Crippen MR) is 134 cm³/mol. The number of benzene rings is 1. The Kier molecular flexibility index (Phi) is 7.96. The quantitative estimate of drug-likeness (QED) is 0.244. The molecule has 0 bridgehead atoms. The van der Waals surface area contributed by atoms with E-state index in [-0.39, 0.29) is 34.6 Å². The highest BCUT2D eigenvalue weighted by Crippen LogP contribution is 2.37. The fourth-order valence-electron chi connectivity index (χ4n) is 3.06. The standard InChI is InChI=1S/C23H34INO4Si/c1-9-28-22(27)18-13-25(19-11-10-16(24)12-17(19)21(18)26)20(15(2)3)14-29-30(7,8)23(4,5)6/h10-13,15,20H,9,14H2,1-8H3/t20-/m1/s1. The van der Waals surface area contributed by atoms with Crippen LogP contribution < -0.4 is 5.43 Å². The van der Waals surface area contributed by atoms with Crippen molar-refractivity contribution in [2.75, 3.05) is 13.2 Å². The van der Waals surface area contributed by atoms with Gasteiger partial charge in [0.05, 0.1) is 24.8 Å². The molecule has 0 saturated carbocycles. The highest BCUT2D eigenvalue weighted by molar-refractivity contribution is 14.1. The number of carbonyl (C=O) groups excluding carboxylic acids is 1. The SMILES string of the molecule is CCOC(=O)c1cn([C@H](CO[Si](C)(C)C(C)(C)C)C(C)C)c2ccc(I)cc2c1=O. The van der Waals surface area contributed by atoms with Crippen LogP contribution in [0.2, 0.25) is 18.1 Å². The minimum Gasteiger partial charge on any atom is -0.462 e.